The zero-order valence-corrected chi connectivity index (χ0v) is 15.6. The number of methoxy groups -OCH3 is 1. The van der Waals surface area contributed by atoms with E-state index < -0.39 is 0 Å². The molecule has 3 saturated heterocycles. The predicted octanol–water partition coefficient (Wildman–Crippen LogP) is 1.17. The van der Waals surface area contributed by atoms with E-state index in [4.69, 9.17) is 24.5 Å². The van der Waals surface area contributed by atoms with Gasteiger partial charge in [-0.25, -0.2) is 0 Å². The number of hydrogen-bond donors (Lipinski definition) is 2. The third-order valence-electron chi connectivity index (χ3n) is 6.29. The number of nitrogens with one attached hydrogen (secondary N) is 1. The van der Waals surface area contributed by atoms with Crippen molar-refractivity contribution in [1.29, 1.82) is 0 Å². The van der Waals surface area contributed by atoms with Gasteiger partial charge in [0.1, 0.15) is 11.4 Å². The smallest absolute Gasteiger partial charge is 0.240 e. The molecule has 27 heavy (non-hydrogen) atoms. The first-order chi connectivity index (χ1) is 13.0. The Morgan fingerprint density at radius 3 is 2.78 bits per heavy atom. The third-order valence-corrected chi connectivity index (χ3v) is 6.29. The Morgan fingerprint density at radius 2 is 2.11 bits per heavy atom. The largest absolute Gasteiger partial charge is 0.496 e. The molecule has 4 fully saturated rings. The van der Waals surface area contributed by atoms with Crippen LogP contribution in [0.2, 0.25) is 0 Å². The molecule has 1 aromatic heterocycles. The van der Waals surface area contributed by atoms with E-state index in [1.54, 1.807) is 7.11 Å². The highest BCUT2D eigenvalue weighted by molar-refractivity contribution is 5.58. The second-order valence-corrected chi connectivity index (χ2v) is 7.96. The lowest BCUT2D eigenvalue weighted by atomic mass is 9.61. The zero-order chi connectivity index (χ0) is 18.7. The fourth-order valence-electron chi connectivity index (χ4n) is 4.70. The molecule has 0 amide bonds. The van der Waals surface area contributed by atoms with Gasteiger partial charge in [-0.15, -0.1) is 0 Å². The fraction of sp³-hybridized carbons (Fsp3) is 0.579. The molecule has 0 atom stereocenters. The predicted molar refractivity (Wildman–Crippen MR) is 96.2 cm³/mol. The topological polar surface area (TPSA) is 105 Å². The summed E-state index contributed by atoms with van der Waals surface area (Å²) in [5, 5.41) is 7.72. The van der Waals surface area contributed by atoms with Crippen LogP contribution in [0.15, 0.2) is 22.7 Å². The molecule has 1 aromatic carbocycles. The standard InChI is InChI=1S/C19H24N4O4/c1-12-3-4-13(5-14(12)24-2)16-22-15(26-23-16)6-21-18-7-17(8-18,9-20)27-19(18)10-25-11-19/h3-5,21H,6-11,20H2,1-2H3. The van der Waals surface area contributed by atoms with E-state index >= 15 is 0 Å². The Labute approximate surface area is 157 Å². The van der Waals surface area contributed by atoms with Crippen LogP contribution in [0.3, 0.4) is 0 Å². The number of rotatable bonds is 6. The van der Waals surface area contributed by atoms with E-state index in [1.165, 1.54) is 0 Å². The number of nitrogens with two attached hydrogens (primary N) is 1. The van der Waals surface area contributed by atoms with E-state index in [0.29, 0.717) is 38.0 Å². The summed E-state index contributed by atoms with van der Waals surface area (Å²) >= 11 is 0. The van der Waals surface area contributed by atoms with Gasteiger partial charge in [-0.3, -0.25) is 5.32 Å². The molecule has 2 bridgehead atoms. The van der Waals surface area contributed by atoms with Gasteiger partial charge in [0.05, 0.1) is 38.0 Å². The van der Waals surface area contributed by atoms with Gasteiger partial charge in [-0.2, -0.15) is 4.98 Å². The maximum absolute atomic E-state index is 6.31. The van der Waals surface area contributed by atoms with Gasteiger partial charge >= 0.3 is 0 Å². The van der Waals surface area contributed by atoms with Crippen LogP contribution in [0.5, 0.6) is 5.75 Å². The van der Waals surface area contributed by atoms with E-state index in [0.717, 1.165) is 29.7 Å². The number of aryl methyl sites for hydroxylation is 1. The first-order valence-electron chi connectivity index (χ1n) is 9.23. The molecule has 0 radical (unpaired) electrons. The summed E-state index contributed by atoms with van der Waals surface area (Å²) in [6.45, 7) is 4.25. The zero-order valence-electron chi connectivity index (χ0n) is 15.6. The van der Waals surface area contributed by atoms with Crippen LogP contribution in [-0.4, -0.2) is 53.7 Å². The second-order valence-electron chi connectivity index (χ2n) is 7.96. The minimum absolute atomic E-state index is 0.119. The molecular formula is C19H24N4O4. The van der Waals surface area contributed by atoms with Crippen LogP contribution in [0.1, 0.15) is 24.3 Å². The van der Waals surface area contributed by atoms with Gasteiger partial charge in [0, 0.05) is 12.1 Å². The Hall–Kier alpha value is -2.00. The summed E-state index contributed by atoms with van der Waals surface area (Å²) in [5.74, 6) is 1.90. The van der Waals surface area contributed by atoms with Crippen LogP contribution in [-0.2, 0) is 16.0 Å². The number of aromatic nitrogens is 2. The highest BCUT2D eigenvalue weighted by atomic mass is 16.6. The molecule has 2 aromatic rings. The summed E-state index contributed by atoms with van der Waals surface area (Å²) in [7, 11) is 1.65. The van der Waals surface area contributed by atoms with Gasteiger partial charge in [-0.1, -0.05) is 17.3 Å². The molecular weight excluding hydrogens is 348 g/mol. The molecule has 8 nitrogen and oxygen atoms in total. The lowest BCUT2D eigenvalue weighted by molar-refractivity contribution is -0.207. The van der Waals surface area contributed by atoms with E-state index in [-0.39, 0.29) is 16.7 Å². The summed E-state index contributed by atoms with van der Waals surface area (Å²) in [6.07, 6.45) is 1.80. The summed E-state index contributed by atoms with van der Waals surface area (Å²) in [6, 6.07) is 5.87. The third kappa shape index (κ3) is 2.37. The lowest BCUT2D eigenvalue weighted by Gasteiger charge is -2.51. The maximum Gasteiger partial charge on any atom is 0.240 e. The second kappa shape index (κ2) is 5.75. The van der Waals surface area contributed by atoms with Gasteiger partial charge in [0.25, 0.3) is 0 Å². The molecule has 0 unspecified atom stereocenters. The normalized spacial score (nSPS) is 30.2. The van der Waals surface area contributed by atoms with Crippen molar-refractivity contribution in [3.8, 4) is 17.1 Å². The average molecular weight is 372 g/mol. The van der Waals surface area contributed by atoms with Crippen molar-refractivity contribution in [2.45, 2.75) is 43.1 Å². The SMILES string of the molecule is COc1cc(-c2noc(CNC34CC(CN)(C3)OC43COC3)n2)ccc1C. The highest BCUT2D eigenvalue weighted by Gasteiger charge is 2.76. The summed E-state index contributed by atoms with van der Waals surface area (Å²) < 4.78 is 22.6. The molecule has 1 saturated carbocycles. The van der Waals surface area contributed by atoms with Crippen molar-refractivity contribution in [2.75, 3.05) is 26.9 Å². The van der Waals surface area contributed by atoms with Crippen LogP contribution in [0, 0.1) is 6.92 Å². The van der Waals surface area contributed by atoms with Crippen LogP contribution in [0.4, 0.5) is 0 Å². The van der Waals surface area contributed by atoms with Gasteiger partial charge in [-0.05, 0) is 31.4 Å². The van der Waals surface area contributed by atoms with Crippen LogP contribution in [0.25, 0.3) is 11.4 Å². The Bertz CT molecular complexity index is 870. The Kier molecular flexibility index (Phi) is 3.64. The summed E-state index contributed by atoms with van der Waals surface area (Å²) in [5.41, 5.74) is 7.28. The molecule has 3 aliphatic heterocycles. The molecule has 4 aliphatic rings. The van der Waals surface area contributed by atoms with Gasteiger partial charge < -0.3 is 24.5 Å². The quantitative estimate of drug-likeness (QED) is 0.779. The lowest BCUT2D eigenvalue weighted by Crippen LogP contribution is -2.71. The fourth-order valence-corrected chi connectivity index (χ4v) is 4.70. The van der Waals surface area contributed by atoms with Crippen molar-refractivity contribution >= 4 is 0 Å². The van der Waals surface area contributed by atoms with E-state index in [9.17, 15) is 0 Å². The average Bonchev–Trinajstić information content (AvgIpc) is 3.28. The molecule has 4 heterocycles. The Morgan fingerprint density at radius 1 is 1.30 bits per heavy atom. The van der Waals surface area contributed by atoms with Gasteiger partial charge in [0.15, 0.2) is 0 Å². The van der Waals surface area contributed by atoms with Crippen molar-refractivity contribution in [1.82, 2.24) is 15.5 Å². The van der Waals surface area contributed by atoms with Crippen LogP contribution >= 0.6 is 0 Å². The minimum atomic E-state index is -0.264. The number of ether oxygens (including phenoxy) is 3. The summed E-state index contributed by atoms with van der Waals surface area (Å²) in [4.78, 5) is 4.53. The highest BCUT2D eigenvalue weighted by Crippen LogP contribution is 2.62. The molecule has 6 rings (SSSR count). The molecule has 8 heteroatoms. The monoisotopic (exact) mass is 372 g/mol. The molecule has 1 spiro atoms. The van der Waals surface area contributed by atoms with Crippen molar-refractivity contribution in [3.05, 3.63) is 29.7 Å². The molecule has 144 valence electrons. The first kappa shape index (κ1) is 17.1. The molecule has 3 N–H and O–H groups in total. The first-order valence-corrected chi connectivity index (χ1v) is 9.23. The van der Waals surface area contributed by atoms with Crippen molar-refractivity contribution in [3.63, 3.8) is 0 Å². The maximum atomic E-state index is 6.31. The number of nitrogens with zero attached hydrogens (tertiary/aromatic N) is 2. The van der Waals surface area contributed by atoms with E-state index in [1.807, 2.05) is 25.1 Å². The van der Waals surface area contributed by atoms with Crippen LogP contribution < -0.4 is 15.8 Å². The van der Waals surface area contributed by atoms with E-state index in [2.05, 4.69) is 15.5 Å². The van der Waals surface area contributed by atoms with Crippen molar-refractivity contribution in [2.24, 2.45) is 5.73 Å². The molecule has 1 aliphatic carbocycles. The number of benzene rings is 1. The number of hydrogen-bond acceptors (Lipinski definition) is 8. The Balaban J connectivity index is 1.31. The minimum Gasteiger partial charge on any atom is -0.496 e. The van der Waals surface area contributed by atoms with Crippen molar-refractivity contribution < 1.29 is 18.7 Å². The van der Waals surface area contributed by atoms with Gasteiger partial charge in [0.2, 0.25) is 11.7 Å².